The van der Waals surface area contributed by atoms with E-state index in [9.17, 15) is 9.59 Å². The zero-order chi connectivity index (χ0) is 20.2. The molecule has 0 bridgehead atoms. The first-order valence-electron chi connectivity index (χ1n) is 9.86. The second-order valence-electron chi connectivity index (χ2n) is 7.24. The molecule has 0 fully saturated rings. The Hall–Kier alpha value is -0.360. The first-order valence-corrected chi connectivity index (χ1v) is 11.1. The van der Waals surface area contributed by atoms with Gasteiger partial charge >= 0.3 is 11.9 Å². The van der Waals surface area contributed by atoms with Gasteiger partial charge in [0.05, 0.1) is 24.7 Å². The van der Waals surface area contributed by atoms with Crippen molar-refractivity contribution in [1.82, 2.24) is 0 Å². The molecule has 0 N–H and O–H groups in total. The molecular formula is C20H40O4S2. The second kappa shape index (κ2) is 20.9. The van der Waals surface area contributed by atoms with Gasteiger partial charge in [0.1, 0.15) is 0 Å². The minimum atomic E-state index is -0.216. The van der Waals surface area contributed by atoms with E-state index in [2.05, 4.69) is 53.0 Å². The van der Waals surface area contributed by atoms with Gasteiger partial charge in [0.15, 0.2) is 0 Å². The van der Waals surface area contributed by atoms with Crippen LogP contribution in [0.25, 0.3) is 0 Å². The summed E-state index contributed by atoms with van der Waals surface area (Å²) in [6.45, 7) is 10.00. The Bertz CT molecular complexity index is 302. The number of hydrogen-bond donors (Lipinski definition) is 2. The van der Waals surface area contributed by atoms with Crippen LogP contribution in [0.15, 0.2) is 0 Å². The van der Waals surface area contributed by atoms with Crippen LogP contribution in [0, 0.1) is 11.8 Å². The predicted octanol–water partition coefficient (Wildman–Crippen LogP) is 5.35. The molecule has 0 aromatic rings. The summed E-state index contributed by atoms with van der Waals surface area (Å²) in [7, 11) is 0. The molecule has 0 radical (unpaired) electrons. The molecule has 0 aromatic carbocycles. The second-order valence-corrected chi connectivity index (χ2v) is 7.88. The lowest BCUT2D eigenvalue weighted by Crippen LogP contribution is -2.06. The molecule has 156 valence electrons. The number of rotatable bonds is 14. The standard InChI is InChI=1S/2C10H20O2S/c2*1-9(2)6-4-3-5-7-12-10(11)8-13/h2*9,13H,3-8H2,1-2H3. The Morgan fingerprint density at radius 2 is 1.00 bits per heavy atom. The molecule has 0 aliphatic rings. The molecule has 0 saturated heterocycles. The van der Waals surface area contributed by atoms with E-state index < -0.39 is 0 Å². The molecule has 0 rings (SSSR count). The van der Waals surface area contributed by atoms with Crippen molar-refractivity contribution >= 4 is 37.2 Å². The van der Waals surface area contributed by atoms with Crippen LogP contribution < -0.4 is 0 Å². The van der Waals surface area contributed by atoms with Crippen molar-refractivity contribution in [2.75, 3.05) is 24.7 Å². The average molecular weight is 409 g/mol. The van der Waals surface area contributed by atoms with Crippen LogP contribution in [0.2, 0.25) is 0 Å². The lowest BCUT2D eigenvalue weighted by molar-refractivity contribution is -0.141. The molecule has 6 heteroatoms. The molecule has 0 aliphatic carbocycles. The van der Waals surface area contributed by atoms with E-state index in [-0.39, 0.29) is 23.4 Å². The zero-order valence-corrected chi connectivity index (χ0v) is 19.0. The van der Waals surface area contributed by atoms with Crippen molar-refractivity contribution in [3.63, 3.8) is 0 Å². The van der Waals surface area contributed by atoms with Crippen molar-refractivity contribution in [2.24, 2.45) is 11.8 Å². The van der Waals surface area contributed by atoms with E-state index in [0.717, 1.165) is 37.5 Å². The van der Waals surface area contributed by atoms with Gasteiger partial charge in [-0.15, -0.1) is 0 Å². The first kappa shape index (κ1) is 27.9. The van der Waals surface area contributed by atoms with Gasteiger partial charge in [-0.2, -0.15) is 25.3 Å². The van der Waals surface area contributed by atoms with Gasteiger partial charge in [-0.05, 0) is 24.7 Å². The lowest BCUT2D eigenvalue weighted by atomic mass is 10.1. The van der Waals surface area contributed by atoms with Crippen LogP contribution in [-0.4, -0.2) is 36.7 Å². The number of ether oxygens (including phenoxy) is 2. The highest BCUT2D eigenvalue weighted by atomic mass is 32.1. The highest BCUT2D eigenvalue weighted by Gasteiger charge is 1.99. The molecule has 0 spiro atoms. The van der Waals surface area contributed by atoms with E-state index in [0.29, 0.717) is 13.2 Å². The third-order valence-corrected chi connectivity index (χ3v) is 4.15. The van der Waals surface area contributed by atoms with Crippen LogP contribution in [0.1, 0.15) is 79.1 Å². The van der Waals surface area contributed by atoms with Crippen molar-refractivity contribution in [2.45, 2.75) is 79.1 Å². The third-order valence-electron chi connectivity index (χ3n) is 3.64. The normalized spacial score (nSPS) is 10.5. The average Bonchev–Trinajstić information content (AvgIpc) is 2.60. The number of thiol groups is 2. The predicted molar refractivity (Wildman–Crippen MR) is 116 cm³/mol. The monoisotopic (exact) mass is 408 g/mol. The van der Waals surface area contributed by atoms with Crippen molar-refractivity contribution < 1.29 is 19.1 Å². The van der Waals surface area contributed by atoms with Gasteiger partial charge in [-0.1, -0.05) is 66.2 Å². The Morgan fingerprint density at radius 3 is 1.27 bits per heavy atom. The lowest BCUT2D eigenvalue weighted by Gasteiger charge is -2.04. The topological polar surface area (TPSA) is 52.6 Å². The Balaban J connectivity index is 0. The number of esters is 2. The first-order chi connectivity index (χ1) is 12.3. The maximum Gasteiger partial charge on any atom is 0.315 e. The molecule has 0 aliphatic heterocycles. The van der Waals surface area contributed by atoms with Crippen molar-refractivity contribution in [3.05, 3.63) is 0 Å². The fourth-order valence-corrected chi connectivity index (χ4v) is 2.31. The summed E-state index contributed by atoms with van der Waals surface area (Å²) in [6, 6.07) is 0. The zero-order valence-electron chi connectivity index (χ0n) is 17.2. The summed E-state index contributed by atoms with van der Waals surface area (Å²) >= 11 is 7.62. The van der Waals surface area contributed by atoms with E-state index in [1.165, 1.54) is 25.7 Å². The molecule has 0 unspecified atom stereocenters. The quantitative estimate of drug-likeness (QED) is 0.231. The van der Waals surface area contributed by atoms with Gasteiger partial charge < -0.3 is 9.47 Å². The van der Waals surface area contributed by atoms with Gasteiger partial charge in [-0.3, -0.25) is 9.59 Å². The number of unbranched alkanes of at least 4 members (excludes halogenated alkanes) is 4. The summed E-state index contributed by atoms with van der Waals surface area (Å²) < 4.78 is 9.77. The van der Waals surface area contributed by atoms with E-state index in [4.69, 9.17) is 9.47 Å². The van der Waals surface area contributed by atoms with Crippen LogP contribution in [0.5, 0.6) is 0 Å². The van der Waals surface area contributed by atoms with E-state index in [1.807, 2.05) is 0 Å². The number of carbonyl (C=O) groups excluding carboxylic acids is 2. The summed E-state index contributed by atoms with van der Waals surface area (Å²) in [4.78, 5) is 21.3. The van der Waals surface area contributed by atoms with Crippen LogP contribution in [0.4, 0.5) is 0 Å². The molecule has 26 heavy (non-hydrogen) atoms. The Kier molecular flexibility index (Phi) is 22.4. The van der Waals surface area contributed by atoms with Crippen LogP contribution in [-0.2, 0) is 19.1 Å². The number of hydrogen-bond acceptors (Lipinski definition) is 6. The minimum absolute atomic E-state index is 0.187. The van der Waals surface area contributed by atoms with Crippen molar-refractivity contribution in [3.8, 4) is 0 Å². The highest BCUT2D eigenvalue weighted by molar-refractivity contribution is 7.81. The molecule has 0 atom stereocenters. The van der Waals surface area contributed by atoms with Crippen molar-refractivity contribution in [1.29, 1.82) is 0 Å². The van der Waals surface area contributed by atoms with Crippen LogP contribution >= 0.6 is 25.3 Å². The largest absolute Gasteiger partial charge is 0.465 e. The maximum atomic E-state index is 10.7. The van der Waals surface area contributed by atoms with Gasteiger partial charge in [-0.25, -0.2) is 0 Å². The summed E-state index contributed by atoms with van der Waals surface area (Å²) in [5.41, 5.74) is 0. The van der Waals surface area contributed by atoms with Gasteiger partial charge in [0, 0.05) is 0 Å². The van der Waals surface area contributed by atoms with E-state index in [1.54, 1.807) is 0 Å². The summed E-state index contributed by atoms with van der Waals surface area (Å²) in [5, 5.41) is 0. The van der Waals surface area contributed by atoms with Gasteiger partial charge in [0.2, 0.25) is 0 Å². The fraction of sp³-hybridized carbons (Fsp3) is 0.900. The van der Waals surface area contributed by atoms with Gasteiger partial charge in [0.25, 0.3) is 0 Å². The third kappa shape index (κ3) is 25.9. The summed E-state index contributed by atoms with van der Waals surface area (Å²) in [5.74, 6) is 1.50. The SMILES string of the molecule is CC(C)CCCCCOC(=O)CS.CC(C)CCCCCOC(=O)CS. The Morgan fingerprint density at radius 1 is 0.654 bits per heavy atom. The van der Waals surface area contributed by atoms with Crippen LogP contribution in [0.3, 0.4) is 0 Å². The molecule has 0 aromatic heterocycles. The smallest absolute Gasteiger partial charge is 0.315 e. The summed E-state index contributed by atoms with van der Waals surface area (Å²) in [6.07, 6.45) is 9.25. The highest BCUT2D eigenvalue weighted by Crippen LogP contribution is 2.08. The fourth-order valence-electron chi connectivity index (χ4n) is 2.13. The molecule has 0 saturated carbocycles. The Labute approximate surface area is 172 Å². The maximum absolute atomic E-state index is 10.7. The molecule has 0 heterocycles. The molecular weight excluding hydrogens is 368 g/mol. The molecule has 0 amide bonds. The number of carbonyl (C=O) groups is 2. The van der Waals surface area contributed by atoms with E-state index >= 15 is 0 Å². The molecule has 4 nitrogen and oxygen atoms in total. The minimum Gasteiger partial charge on any atom is -0.465 e.